The minimum absolute atomic E-state index is 0.258. The summed E-state index contributed by atoms with van der Waals surface area (Å²) in [6.07, 6.45) is 5.34. The standard InChI is InChI=1S/C22H31N5O2/c1-16-14-17(15-18-4-7-24-21(16)18)2-3-20(28)26-8-5-19(6-9-26)25-10-12-27(13-11-25)22(23)29/h4,7,14-15,19,24H,2-3,5-6,8-13H2,1H3,(H2,23,29). The number of piperazine rings is 1. The number of nitrogens with two attached hydrogens (primary N) is 1. The molecule has 2 saturated heterocycles. The Bertz CT molecular complexity index is 876. The van der Waals surface area contributed by atoms with E-state index in [2.05, 4.69) is 35.0 Å². The molecule has 3 amide bonds. The number of aromatic amines is 1. The lowest BCUT2D eigenvalue weighted by molar-refractivity contribution is -0.132. The molecule has 0 atom stereocenters. The van der Waals surface area contributed by atoms with Gasteiger partial charge in [-0.15, -0.1) is 0 Å². The zero-order valence-corrected chi connectivity index (χ0v) is 17.2. The van der Waals surface area contributed by atoms with Gasteiger partial charge in [0.1, 0.15) is 0 Å². The number of benzene rings is 1. The second kappa shape index (κ2) is 8.45. The van der Waals surface area contributed by atoms with E-state index in [0.29, 0.717) is 25.6 Å². The van der Waals surface area contributed by atoms with Crippen molar-refractivity contribution in [2.75, 3.05) is 39.3 Å². The molecule has 0 saturated carbocycles. The van der Waals surface area contributed by atoms with E-state index in [1.165, 1.54) is 22.0 Å². The number of aryl methyl sites for hydroxylation is 2. The first-order chi connectivity index (χ1) is 14.0. The van der Waals surface area contributed by atoms with Gasteiger partial charge in [0, 0.05) is 63.4 Å². The largest absolute Gasteiger partial charge is 0.361 e. The van der Waals surface area contributed by atoms with Crippen LogP contribution in [0.25, 0.3) is 10.9 Å². The number of fused-ring (bicyclic) bond motifs is 1. The van der Waals surface area contributed by atoms with E-state index in [1.807, 2.05) is 11.1 Å². The second-order valence-corrected chi connectivity index (χ2v) is 8.33. The molecule has 0 bridgehead atoms. The van der Waals surface area contributed by atoms with Crippen molar-refractivity contribution >= 4 is 22.8 Å². The summed E-state index contributed by atoms with van der Waals surface area (Å²) >= 11 is 0. The van der Waals surface area contributed by atoms with Crippen molar-refractivity contribution in [3.63, 3.8) is 0 Å². The molecule has 4 rings (SSSR count). The van der Waals surface area contributed by atoms with Crippen molar-refractivity contribution in [1.29, 1.82) is 0 Å². The second-order valence-electron chi connectivity index (χ2n) is 8.33. The Labute approximate surface area is 171 Å². The van der Waals surface area contributed by atoms with Gasteiger partial charge < -0.3 is 20.5 Å². The van der Waals surface area contributed by atoms with Crippen LogP contribution in [0.2, 0.25) is 0 Å². The predicted molar refractivity (Wildman–Crippen MR) is 114 cm³/mol. The number of nitrogens with one attached hydrogen (secondary N) is 1. The van der Waals surface area contributed by atoms with Crippen molar-refractivity contribution in [2.45, 2.75) is 38.6 Å². The van der Waals surface area contributed by atoms with Gasteiger partial charge in [0.2, 0.25) is 5.91 Å². The summed E-state index contributed by atoms with van der Waals surface area (Å²) < 4.78 is 0. The number of carbonyl (C=O) groups excluding carboxylic acids is 2. The van der Waals surface area contributed by atoms with Crippen LogP contribution < -0.4 is 5.73 Å². The minimum atomic E-state index is -0.323. The van der Waals surface area contributed by atoms with Gasteiger partial charge in [-0.2, -0.15) is 0 Å². The molecular weight excluding hydrogens is 366 g/mol. The Kier molecular flexibility index (Phi) is 5.76. The van der Waals surface area contributed by atoms with Gasteiger partial charge in [0.05, 0.1) is 0 Å². The summed E-state index contributed by atoms with van der Waals surface area (Å²) in [5.74, 6) is 0.258. The number of amides is 3. The molecule has 7 heteroatoms. The molecule has 29 heavy (non-hydrogen) atoms. The van der Waals surface area contributed by atoms with Crippen molar-refractivity contribution < 1.29 is 9.59 Å². The minimum Gasteiger partial charge on any atom is -0.361 e. The summed E-state index contributed by atoms with van der Waals surface area (Å²) in [4.78, 5) is 33.4. The van der Waals surface area contributed by atoms with E-state index in [0.717, 1.165) is 45.4 Å². The zero-order chi connectivity index (χ0) is 20.4. The molecule has 0 radical (unpaired) electrons. The lowest BCUT2D eigenvalue weighted by Crippen LogP contribution is -2.55. The van der Waals surface area contributed by atoms with Crippen LogP contribution in [-0.2, 0) is 11.2 Å². The van der Waals surface area contributed by atoms with Crippen LogP contribution in [0, 0.1) is 6.92 Å². The maximum atomic E-state index is 12.7. The number of H-pyrrole nitrogens is 1. The van der Waals surface area contributed by atoms with Crippen LogP contribution >= 0.6 is 0 Å². The Hall–Kier alpha value is -2.54. The number of hydrogen-bond acceptors (Lipinski definition) is 3. The average molecular weight is 398 g/mol. The van der Waals surface area contributed by atoms with E-state index in [-0.39, 0.29) is 11.9 Å². The van der Waals surface area contributed by atoms with Gasteiger partial charge in [0.25, 0.3) is 0 Å². The highest BCUT2D eigenvalue weighted by atomic mass is 16.2. The highest BCUT2D eigenvalue weighted by molar-refractivity contribution is 5.83. The Balaban J connectivity index is 1.24. The number of urea groups is 1. The molecule has 0 unspecified atom stereocenters. The first kappa shape index (κ1) is 19.8. The van der Waals surface area contributed by atoms with E-state index < -0.39 is 0 Å². The van der Waals surface area contributed by atoms with Crippen LogP contribution in [0.4, 0.5) is 4.79 Å². The van der Waals surface area contributed by atoms with Gasteiger partial charge in [-0.25, -0.2) is 4.79 Å². The zero-order valence-electron chi connectivity index (χ0n) is 17.2. The molecule has 1 aromatic carbocycles. The average Bonchev–Trinajstić information content (AvgIpc) is 3.21. The van der Waals surface area contributed by atoms with Gasteiger partial charge in [-0.05, 0) is 54.8 Å². The molecule has 2 aromatic rings. The first-order valence-corrected chi connectivity index (χ1v) is 10.6. The van der Waals surface area contributed by atoms with Crippen LogP contribution in [0.1, 0.15) is 30.4 Å². The van der Waals surface area contributed by atoms with Crippen molar-refractivity contribution in [3.05, 3.63) is 35.5 Å². The molecule has 2 aliphatic rings. The summed E-state index contributed by atoms with van der Waals surface area (Å²) in [5.41, 5.74) is 9.00. The fourth-order valence-electron chi connectivity index (χ4n) is 4.78. The highest BCUT2D eigenvalue weighted by Crippen LogP contribution is 2.22. The Morgan fingerprint density at radius 1 is 1.07 bits per heavy atom. The van der Waals surface area contributed by atoms with Gasteiger partial charge in [0.15, 0.2) is 0 Å². The normalized spacial score (nSPS) is 19.1. The van der Waals surface area contributed by atoms with Crippen LogP contribution in [0.5, 0.6) is 0 Å². The predicted octanol–water partition coefficient (Wildman–Crippen LogP) is 2.10. The number of piperidine rings is 1. The van der Waals surface area contributed by atoms with Crippen LogP contribution in [0.15, 0.2) is 24.4 Å². The molecule has 3 heterocycles. The molecule has 0 aliphatic carbocycles. The number of aromatic nitrogens is 1. The van der Waals surface area contributed by atoms with Crippen LogP contribution in [0.3, 0.4) is 0 Å². The van der Waals surface area contributed by atoms with E-state index >= 15 is 0 Å². The SMILES string of the molecule is Cc1cc(CCC(=O)N2CCC(N3CCN(C(N)=O)CC3)CC2)cc2cc[nH]c12. The third-order valence-electron chi connectivity index (χ3n) is 6.50. The molecular formula is C22H31N5O2. The molecule has 2 fully saturated rings. The fourth-order valence-corrected chi connectivity index (χ4v) is 4.78. The number of rotatable bonds is 4. The van der Waals surface area contributed by atoms with Gasteiger partial charge in [-0.3, -0.25) is 9.69 Å². The molecule has 3 N–H and O–H groups in total. The van der Waals surface area contributed by atoms with Crippen molar-refractivity contribution in [2.24, 2.45) is 5.73 Å². The van der Waals surface area contributed by atoms with Crippen LogP contribution in [-0.4, -0.2) is 76.9 Å². The molecule has 7 nitrogen and oxygen atoms in total. The maximum Gasteiger partial charge on any atom is 0.314 e. The van der Waals surface area contributed by atoms with E-state index in [1.54, 1.807) is 4.90 Å². The number of hydrogen-bond donors (Lipinski definition) is 2. The molecule has 2 aliphatic heterocycles. The first-order valence-electron chi connectivity index (χ1n) is 10.6. The number of nitrogens with zero attached hydrogens (tertiary/aromatic N) is 3. The monoisotopic (exact) mass is 397 g/mol. The lowest BCUT2D eigenvalue weighted by atomic mass is 10.0. The number of primary amides is 1. The molecule has 1 aromatic heterocycles. The summed E-state index contributed by atoms with van der Waals surface area (Å²) in [6, 6.07) is 6.64. The topological polar surface area (TPSA) is 85.7 Å². The summed E-state index contributed by atoms with van der Waals surface area (Å²) in [7, 11) is 0. The summed E-state index contributed by atoms with van der Waals surface area (Å²) in [5, 5.41) is 1.21. The lowest BCUT2D eigenvalue weighted by Gasteiger charge is -2.42. The fraction of sp³-hybridized carbons (Fsp3) is 0.545. The van der Waals surface area contributed by atoms with Gasteiger partial charge >= 0.3 is 6.03 Å². The molecule has 156 valence electrons. The van der Waals surface area contributed by atoms with E-state index in [4.69, 9.17) is 5.73 Å². The number of likely N-dealkylation sites (tertiary alicyclic amines) is 1. The highest BCUT2D eigenvalue weighted by Gasteiger charge is 2.29. The number of carbonyl (C=O) groups is 2. The third-order valence-corrected chi connectivity index (χ3v) is 6.50. The Morgan fingerprint density at radius 3 is 2.48 bits per heavy atom. The summed E-state index contributed by atoms with van der Waals surface area (Å²) in [6.45, 7) is 6.94. The quantitative estimate of drug-likeness (QED) is 0.828. The molecule has 0 spiro atoms. The smallest absolute Gasteiger partial charge is 0.314 e. The van der Waals surface area contributed by atoms with E-state index in [9.17, 15) is 9.59 Å². The maximum absolute atomic E-state index is 12.7. The third kappa shape index (κ3) is 4.40. The van der Waals surface area contributed by atoms with Gasteiger partial charge in [-0.1, -0.05) is 6.07 Å². The van der Waals surface area contributed by atoms with Crippen molar-refractivity contribution in [1.82, 2.24) is 19.7 Å². The Morgan fingerprint density at radius 2 is 1.79 bits per heavy atom. The van der Waals surface area contributed by atoms with Crippen molar-refractivity contribution in [3.8, 4) is 0 Å².